The van der Waals surface area contributed by atoms with E-state index in [4.69, 9.17) is 5.11 Å². The van der Waals surface area contributed by atoms with Crippen molar-refractivity contribution in [1.82, 2.24) is 5.32 Å². The Morgan fingerprint density at radius 2 is 2.50 bits per heavy atom. The number of nitrogens with one attached hydrogen (secondary N) is 1. The van der Waals surface area contributed by atoms with Crippen LogP contribution < -0.4 is 5.32 Å². The van der Waals surface area contributed by atoms with Crippen molar-refractivity contribution in [2.45, 2.75) is 19.4 Å². The largest absolute Gasteiger partial charge is 0.480 e. The predicted octanol–water partition coefficient (Wildman–Crippen LogP) is 0.273. The third kappa shape index (κ3) is 1.70. The first kappa shape index (κ1) is 7.54. The van der Waals surface area contributed by atoms with Gasteiger partial charge in [-0.1, -0.05) is 6.92 Å². The fourth-order valence-corrected chi connectivity index (χ4v) is 1.05. The molecule has 1 aliphatic heterocycles. The van der Waals surface area contributed by atoms with Crippen molar-refractivity contribution in [1.29, 1.82) is 0 Å². The van der Waals surface area contributed by atoms with E-state index in [1.165, 1.54) is 0 Å². The van der Waals surface area contributed by atoms with Crippen molar-refractivity contribution in [3.63, 3.8) is 0 Å². The second kappa shape index (κ2) is 3.01. The third-order valence-electron chi connectivity index (χ3n) is 1.73. The lowest BCUT2D eigenvalue weighted by Crippen LogP contribution is -2.43. The number of aliphatic carboxylic acids is 1. The molecule has 57 valence electrons. The first-order chi connectivity index (χ1) is 4.70. The van der Waals surface area contributed by atoms with Crippen LogP contribution in [0.5, 0.6) is 0 Å². The van der Waals surface area contributed by atoms with Crippen molar-refractivity contribution >= 4 is 5.97 Å². The van der Waals surface area contributed by atoms with E-state index >= 15 is 0 Å². The molecular weight excluding hydrogens is 130 g/mol. The molecule has 1 heterocycles. The van der Waals surface area contributed by atoms with Crippen molar-refractivity contribution in [2.24, 2.45) is 5.92 Å². The minimum absolute atomic E-state index is 0.420. The maximum absolute atomic E-state index is 10.4. The van der Waals surface area contributed by atoms with Gasteiger partial charge in [-0.05, 0) is 25.3 Å². The topological polar surface area (TPSA) is 49.3 Å². The minimum atomic E-state index is -0.771. The predicted molar refractivity (Wildman–Crippen MR) is 37.5 cm³/mol. The zero-order chi connectivity index (χ0) is 7.56. The fraction of sp³-hybridized carbons (Fsp3) is 0.714. The summed E-state index contributed by atoms with van der Waals surface area (Å²) in [4.78, 5) is 10.4. The van der Waals surface area contributed by atoms with Crippen molar-refractivity contribution in [3.05, 3.63) is 6.42 Å². The summed E-state index contributed by atoms with van der Waals surface area (Å²) in [5.41, 5.74) is 0. The van der Waals surface area contributed by atoms with E-state index in [1.54, 1.807) is 0 Å². The molecule has 1 aliphatic rings. The number of carbonyl (C=O) groups is 1. The molecule has 1 rings (SSSR count). The van der Waals surface area contributed by atoms with Crippen LogP contribution in [0.4, 0.5) is 0 Å². The van der Waals surface area contributed by atoms with Crippen LogP contribution in [0.25, 0.3) is 0 Å². The maximum Gasteiger partial charge on any atom is 0.320 e. The normalized spacial score (nSPS) is 33.7. The molecule has 0 amide bonds. The van der Waals surface area contributed by atoms with Gasteiger partial charge in [0.1, 0.15) is 6.04 Å². The van der Waals surface area contributed by atoms with Gasteiger partial charge in [0.05, 0.1) is 0 Å². The number of carboxylic acid groups (broad SMARTS) is 1. The third-order valence-corrected chi connectivity index (χ3v) is 1.73. The average Bonchev–Trinajstić information content (AvgIpc) is 1.88. The lowest BCUT2D eigenvalue weighted by Gasteiger charge is -2.24. The molecule has 1 saturated heterocycles. The van der Waals surface area contributed by atoms with Crippen LogP contribution in [0, 0.1) is 12.3 Å². The van der Waals surface area contributed by atoms with Gasteiger partial charge in [0.15, 0.2) is 0 Å². The smallest absolute Gasteiger partial charge is 0.320 e. The van der Waals surface area contributed by atoms with Gasteiger partial charge in [0, 0.05) is 0 Å². The fourth-order valence-electron chi connectivity index (χ4n) is 1.05. The first-order valence-corrected chi connectivity index (χ1v) is 3.49. The Bertz CT molecular complexity index is 128. The van der Waals surface area contributed by atoms with E-state index < -0.39 is 12.0 Å². The molecule has 3 heteroatoms. The number of carboxylic acids is 1. The zero-order valence-electron chi connectivity index (χ0n) is 6.00. The van der Waals surface area contributed by atoms with E-state index in [2.05, 4.69) is 12.2 Å². The molecule has 2 atom stereocenters. The summed E-state index contributed by atoms with van der Waals surface area (Å²) in [7, 11) is 0. The monoisotopic (exact) mass is 142 g/mol. The standard InChI is InChI=1S/C7H12NO2/c1-5-2-3-6(7(9)10)8-4-5/h3,5-6,8H,2,4H2,1H3,(H,9,10). The quantitative estimate of drug-likeness (QED) is 0.552. The first-order valence-electron chi connectivity index (χ1n) is 3.49. The number of piperidine rings is 1. The van der Waals surface area contributed by atoms with Crippen LogP contribution in [0.2, 0.25) is 0 Å². The number of rotatable bonds is 1. The molecular formula is C7H12NO2. The Kier molecular flexibility index (Phi) is 2.27. The SMILES string of the molecule is CC1C[CH]C(C(=O)O)NC1. The number of hydrogen-bond acceptors (Lipinski definition) is 2. The molecule has 0 aromatic rings. The number of hydrogen-bond donors (Lipinski definition) is 2. The molecule has 2 N–H and O–H groups in total. The lowest BCUT2D eigenvalue weighted by atomic mass is 9.97. The summed E-state index contributed by atoms with van der Waals surface area (Å²) in [5.74, 6) is -0.192. The Hall–Kier alpha value is -0.570. The lowest BCUT2D eigenvalue weighted by molar-refractivity contribution is -0.138. The summed E-state index contributed by atoms with van der Waals surface area (Å²) < 4.78 is 0. The van der Waals surface area contributed by atoms with Gasteiger partial charge in [-0.15, -0.1) is 0 Å². The molecule has 0 aromatic carbocycles. The van der Waals surface area contributed by atoms with E-state index in [1.807, 2.05) is 6.42 Å². The van der Waals surface area contributed by atoms with Gasteiger partial charge >= 0.3 is 5.97 Å². The van der Waals surface area contributed by atoms with Gasteiger partial charge in [0.2, 0.25) is 0 Å². The van der Waals surface area contributed by atoms with Gasteiger partial charge in [-0.3, -0.25) is 4.79 Å². The highest BCUT2D eigenvalue weighted by atomic mass is 16.4. The van der Waals surface area contributed by atoms with Crippen LogP contribution in [-0.4, -0.2) is 23.7 Å². The molecule has 0 aromatic heterocycles. The highest BCUT2D eigenvalue weighted by Gasteiger charge is 2.22. The van der Waals surface area contributed by atoms with E-state index in [0.29, 0.717) is 5.92 Å². The Morgan fingerprint density at radius 3 is 2.90 bits per heavy atom. The van der Waals surface area contributed by atoms with Crippen LogP contribution in [0.1, 0.15) is 13.3 Å². The van der Waals surface area contributed by atoms with Crippen LogP contribution >= 0.6 is 0 Å². The molecule has 0 bridgehead atoms. The molecule has 1 fully saturated rings. The maximum atomic E-state index is 10.4. The highest BCUT2D eigenvalue weighted by Crippen LogP contribution is 2.11. The Balaban J connectivity index is 2.33. The summed E-state index contributed by atoms with van der Waals surface area (Å²) in [5, 5.41) is 11.4. The summed E-state index contributed by atoms with van der Waals surface area (Å²) in [6, 6.07) is -0.420. The molecule has 0 spiro atoms. The second-order valence-corrected chi connectivity index (χ2v) is 2.80. The molecule has 1 radical (unpaired) electrons. The second-order valence-electron chi connectivity index (χ2n) is 2.80. The van der Waals surface area contributed by atoms with Gasteiger partial charge in [-0.25, -0.2) is 0 Å². The molecule has 3 nitrogen and oxygen atoms in total. The minimum Gasteiger partial charge on any atom is -0.480 e. The molecule has 10 heavy (non-hydrogen) atoms. The zero-order valence-corrected chi connectivity index (χ0v) is 6.00. The van der Waals surface area contributed by atoms with E-state index in [9.17, 15) is 4.79 Å². The molecule has 0 saturated carbocycles. The average molecular weight is 142 g/mol. The van der Waals surface area contributed by atoms with Crippen LogP contribution in [0.3, 0.4) is 0 Å². The van der Waals surface area contributed by atoms with Crippen LogP contribution in [0.15, 0.2) is 0 Å². The van der Waals surface area contributed by atoms with Gasteiger partial charge in [-0.2, -0.15) is 0 Å². The van der Waals surface area contributed by atoms with Gasteiger partial charge in [0.25, 0.3) is 0 Å². The molecule has 2 unspecified atom stereocenters. The summed E-state index contributed by atoms with van der Waals surface area (Å²) >= 11 is 0. The van der Waals surface area contributed by atoms with Crippen molar-refractivity contribution in [2.75, 3.05) is 6.54 Å². The van der Waals surface area contributed by atoms with E-state index in [-0.39, 0.29) is 0 Å². The summed E-state index contributed by atoms with van der Waals surface area (Å²) in [6.07, 6.45) is 2.72. The van der Waals surface area contributed by atoms with Crippen molar-refractivity contribution in [3.8, 4) is 0 Å². The van der Waals surface area contributed by atoms with Crippen molar-refractivity contribution < 1.29 is 9.90 Å². The summed E-state index contributed by atoms with van der Waals surface area (Å²) in [6.45, 7) is 2.91. The highest BCUT2D eigenvalue weighted by molar-refractivity contribution is 5.75. The van der Waals surface area contributed by atoms with Crippen LogP contribution in [-0.2, 0) is 4.79 Å². The Labute approximate surface area is 60.4 Å². The van der Waals surface area contributed by atoms with E-state index in [0.717, 1.165) is 13.0 Å². The Morgan fingerprint density at radius 1 is 1.80 bits per heavy atom. The van der Waals surface area contributed by atoms with Gasteiger partial charge < -0.3 is 10.4 Å². The molecule has 0 aliphatic carbocycles.